The molecule has 2 aliphatic rings. The van der Waals surface area contributed by atoms with Crippen molar-refractivity contribution < 1.29 is 32.5 Å². The van der Waals surface area contributed by atoms with Crippen LogP contribution in [0.4, 0.5) is 13.2 Å². The number of carbonyl (C=O) groups is 1. The van der Waals surface area contributed by atoms with Gasteiger partial charge in [0.15, 0.2) is 5.78 Å². The summed E-state index contributed by atoms with van der Waals surface area (Å²) in [7, 11) is 1.48. The van der Waals surface area contributed by atoms with Gasteiger partial charge in [-0.15, -0.1) is 0 Å². The molecule has 1 heterocycles. The van der Waals surface area contributed by atoms with Crippen LogP contribution in [-0.2, 0) is 22.3 Å². The van der Waals surface area contributed by atoms with Gasteiger partial charge in [-0.25, -0.2) is 4.98 Å². The highest BCUT2D eigenvalue weighted by Crippen LogP contribution is 2.45. The van der Waals surface area contributed by atoms with Crippen molar-refractivity contribution in [3.05, 3.63) is 40.4 Å². The summed E-state index contributed by atoms with van der Waals surface area (Å²) in [6, 6.07) is 1.92. The van der Waals surface area contributed by atoms with Crippen LogP contribution in [0.3, 0.4) is 0 Å². The van der Waals surface area contributed by atoms with Crippen molar-refractivity contribution in [3.63, 3.8) is 0 Å². The molecule has 5 nitrogen and oxygen atoms in total. The number of rotatable bonds is 7. The predicted molar refractivity (Wildman–Crippen MR) is 90.2 cm³/mol. The van der Waals surface area contributed by atoms with Gasteiger partial charge in [0.05, 0.1) is 25.5 Å². The number of fused-ring (bicyclic) bond motifs is 2. The highest BCUT2D eigenvalue weighted by atomic mass is 19.4. The quantitative estimate of drug-likeness (QED) is 0.566. The minimum absolute atomic E-state index is 0.0217. The van der Waals surface area contributed by atoms with E-state index in [0.29, 0.717) is 17.9 Å². The molecule has 0 aromatic carbocycles. The number of alkyl halides is 3. The number of pyridine rings is 1. The number of halogens is 3. The lowest BCUT2D eigenvalue weighted by molar-refractivity contribution is -0.141. The Hall–Kier alpha value is -1.93. The largest absolute Gasteiger partial charge is 0.512 e. The Morgan fingerprint density at radius 3 is 2.78 bits per heavy atom. The van der Waals surface area contributed by atoms with Crippen molar-refractivity contribution in [2.75, 3.05) is 20.3 Å². The fourth-order valence-corrected chi connectivity index (χ4v) is 3.81. The number of nitrogens with zero attached hydrogens (tertiary/aromatic N) is 1. The number of hydrogen-bond donors (Lipinski definition) is 1. The third-order valence-corrected chi connectivity index (χ3v) is 5.18. The van der Waals surface area contributed by atoms with Crippen molar-refractivity contribution in [1.29, 1.82) is 0 Å². The zero-order chi connectivity index (χ0) is 19.6. The second-order valence-electron chi connectivity index (χ2n) is 7.01. The molecule has 2 unspecified atom stereocenters. The van der Waals surface area contributed by atoms with Crippen LogP contribution in [0.2, 0.25) is 0 Å². The first-order chi connectivity index (χ1) is 12.8. The summed E-state index contributed by atoms with van der Waals surface area (Å²) >= 11 is 0. The molecule has 1 aromatic heterocycles. The van der Waals surface area contributed by atoms with E-state index < -0.39 is 17.7 Å². The fourth-order valence-electron chi connectivity index (χ4n) is 3.81. The van der Waals surface area contributed by atoms with E-state index in [1.165, 1.54) is 7.11 Å². The highest BCUT2D eigenvalue weighted by Gasteiger charge is 2.38. The van der Waals surface area contributed by atoms with Gasteiger partial charge in [-0.2, -0.15) is 13.2 Å². The number of Topliss-reactive ketones (excluding diaryl/α,β-unsaturated/α-hetero) is 1. The van der Waals surface area contributed by atoms with Crippen LogP contribution in [-0.4, -0.2) is 36.2 Å². The molecule has 2 atom stereocenters. The molecule has 0 saturated heterocycles. The number of aliphatic hydroxyl groups is 1. The molecule has 1 fully saturated rings. The zero-order valence-electron chi connectivity index (χ0n) is 15.0. The highest BCUT2D eigenvalue weighted by molar-refractivity contribution is 6.09. The Labute approximate surface area is 155 Å². The van der Waals surface area contributed by atoms with Crippen LogP contribution in [0.5, 0.6) is 0 Å². The summed E-state index contributed by atoms with van der Waals surface area (Å²) in [5.41, 5.74) is -0.813. The molecule has 0 aliphatic heterocycles. The first-order valence-corrected chi connectivity index (χ1v) is 8.91. The average Bonchev–Trinajstić information content (AvgIpc) is 3.04. The van der Waals surface area contributed by atoms with Crippen LogP contribution in [0, 0.1) is 11.8 Å². The van der Waals surface area contributed by atoms with Crippen LogP contribution >= 0.6 is 0 Å². The van der Waals surface area contributed by atoms with Gasteiger partial charge in [-0.3, -0.25) is 4.79 Å². The molecular weight excluding hydrogens is 363 g/mol. The van der Waals surface area contributed by atoms with Gasteiger partial charge in [-0.1, -0.05) is 0 Å². The number of hydrogen-bond acceptors (Lipinski definition) is 5. The fraction of sp³-hybridized carbons (Fsp3) is 0.579. The van der Waals surface area contributed by atoms with Gasteiger partial charge >= 0.3 is 6.18 Å². The molecule has 148 valence electrons. The second kappa shape index (κ2) is 7.98. The summed E-state index contributed by atoms with van der Waals surface area (Å²) in [6.45, 7) is 0.201. The Morgan fingerprint density at radius 1 is 1.30 bits per heavy atom. The van der Waals surface area contributed by atoms with E-state index in [0.717, 1.165) is 31.4 Å². The summed E-state index contributed by atoms with van der Waals surface area (Å²) < 4.78 is 49.2. The van der Waals surface area contributed by atoms with Crippen molar-refractivity contribution in [2.24, 2.45) is 11.8 Å². The molecular formula is C19H22F3NO4. The minimum atomic E-state index is -4.62. The van der Waals surface area contributed by atoms with Crippen LogP contribution < -0.4 is 0 Å². The number of carbonyl (C=O) groups excluding carboxylic acids is 1. The van der Waals surface area contributed by atoms with Crippen LogP contribution in [0.1, 0.15) is 47.4 Å². The van der Waals surface area contributed by atoms with Crippen LogP contribution in [0.15, 0.2) is 23.5 Å². The van der Waals surface area contributed by atoms with Crippen LogP contribution in [0.25, 0.3) is 0 Å². The number of aromatic nitrogens is 1. The maximum Gasteiger partial charge on any atom is 0.433 e. The molecule has 2 bridgehead atoms. The molecule has 1 N–H and O–H groups in total. The van der Waals surface area contributed by atoms with Gasteiger partial charge in [0.1, 0.15) is 11.5 Å². The van der Waals surface area contributed by atoms with Gasteiger partial charge in [0, 0.05) is 24.2 Å². The normalized spacial score (nSPS) is 22.4. The first kappa shape index (κ1) is 19.8. The van der Waals surface area contributed by atoms with Gasteiger partial charge in [-0.05, 0) is 43.7 Å². The topological polar surface area (TPSA) is 68.7 Å². The number of methoxy groups -OCH3 is 1. The lowest BCUT2D eigenvalue weighted by Gasteiger charge is -2.22. The van der Waals surface area contributed by atoms with E-state index in [-0.39, 0.29) is 42.8 Å². The maximum absolute atomic E-state index is 13.0. The van der Waals surface area contributed by atoms with Crippen molar-refractivity contribution in [2.45, 2.75) is 38.5 Å². The summed E-state index contributed by atoms with van der Waals surface area (Å²) in [4.78, 5) is 16.6. The number of ether oxygens (including phenoxy) is 2. The van der Waals surface area contributed by atoms with E-state index in [4.69, 9.17) is 9.47 Å². The van der Waals surface area contributed by atoms with Gasteiger partial charge in [0.2, 0.25) is 0 Å². The Kier molecular flexibility index (Phi) is 5.86. The lowest BCUT2D eigenvalue weighted by atomic mass is 9.84. The van der Waals surface area contributed by atoms with Gasteiger partial charge in [0.25, 0.3) is 0 Å². The van der Waals surface area contributed by atoms with E-state index >= 15 is 0 Å². The molecule has 27 heavy (non-hydrogen) atoms. The molecule has 0 amide bonds. The van der Waals surface area contributed by atoms with E-state index in [2.05, 4.69) is 4.98 Å². The van der Waals surface area contributed by atoms with E-state index in [1.807, 2.05) is 0 Å². The SMILES string of the molecule is COCCOCc1nc(C(F)(F)F)ccc1C(=O)C1=C(O)C2CCC(C1)C2. The Bertz CT molecular complexity index is 745. The predicted octanol–water partition coefficient (Wildman–Crippen LogP) is 4.08. The smallest absolute Gasteiger partial charge is 0.433 e. The van der Waals surface area contributed by atoms with Crippen molar-refractivity contribution in [1.82, 2.24) is 4.98 Å². The summed E-state index contributed by atoms with van der Waals surface area (Å²) in [5, 5.41) is 10.4. The number of allylic oxidation sites excluding steroid dienone is 2. The minimum Gasteiger partial charge on any atom is -0.512 e. The third-order valence-electron chi connectivity index (χ3n) is 5.18. The molecule has 8 heteroatoms. The number of aliphatic hydroxyl groups excluding tert-OH is 1. The average molecular weight is 385 g/mol. The third kappa shape index (κ3) is 4.32. The van der Waals surface area contributed by atoms with Crippen molar-refractivity contribution in [3.8, 4) is 0 Å². The van der Waals surface area contributed by atoms with E-state index in [9.17, 15) is 23.1 Å². The zero-order valence-corrected chi connectivity index (χ0v) is 15.0. The number of ketones is 1. The second-order valence-corrected chi connectivity index (χ2v) is 7.01. The standard InChI is InChI=1S/C19H22F3NO4/c1-26-6-7-27-10-15-13(4-5-16(23-15)19(20,21)22)18(25)14-9-11-2-3-12(8-11)17(14)24/h4-5,11-12,24H,2-3,6-10H2,1H3. The Morgan fingerprint density at radius 2 is 2.07 bits per heavy atom. The molecule has 0 spiro atoms. The molecule has 1 aromatic rings. The lowest BCUT2D eigenvalue weighted by Crippen LogP contribution is -2.20. The summed E-state index contributed by atoms with van der Waals surface area (Å²) in [5.74, 6) is -0.0595. The maximum atomic E-state index is 13.0. The van der Waals surface area contributed by atoms with E-state index in [1.54, 1.807) is 0 Å². The molecule has 0 radical (unpaired) electrons. The Balaban J connectivity index is 1.90. The summed E-state index contributed by atoms with van der Waals surface area (Å²) in [6.07, 6.45) is -1.52. The molecule has 3 rings (SSSR count). The monoisotopic (exact) mass is 385 g/mol. The van der Waals surface area contributed by atoms with Crippen molar-refractivity contribution >= 4 is 5.78 Å². The molecule has 2 aliphatic carbocycles. The molecule has 1 saturated carbocycles. The first-order valence-electron chi connectivity index (χ1n) is 8.91. The van der Waals surface area contributed by atoms with Gasteiger partial charge < -0.3 is 14.6 Å².